The van der Waals surface area contributed by atoms with Gasteiger partial charge in [0.15, 0.2) is 29.8 Å². The van der Waals surface area contributed by atoms with Gasteiger partial charge in [-0.05, 0) is 31.0 Å². The number of aromatic nitrogens is 1. The minimum atomic E-state index is -1.05. The highest BCUT2D eigenvalue weighted by Crippen LogP contribution is 2.29. The zero-order valence-electron chi connectivity index (χ0n) is 16.2. The van der Waals surface area contributed by atoms with Gasteiger partial charge < -0.3 is 14.2 Å². The van der Waals surface area contributed by atoms with Gasteiger partial charge in [0.25, 0.3) is 0 Å². The van der Waals surface area contributed by atoms with Crippen molar-refractivity contribution in [3.8, 4) is 17.6 Å². The van der Waals surface area contributed by atoms with Crippen LogP contribution in [0.4, 0.5) is 0 Å². The molecule has 0 amide bonds. The van der Waals surface area contributed by atoms with Crippen molar-refractivity contribution in [2.75, 3.05) is 20.3 Å². The summed E-state index contributed by atoms with van der Waals surface area (Å²) < 4.78 is 16.0. The van der Waals surface area contributed by atoms with Crippen molar-refractivity contribution >= 4 is 23.1 Å². The predicted molar refractivity (Wildman–Crippen MR) is 104 cm³/mol. The third-order valence-electron chi connectivity index (χ3n) is 3.65. The first kappa shape index (κ1) is 21.4. The van der Waals surface area contributed by atoms with E-state index in [4.69, 9.17) is 14.2 Å². The largest absolute Gasteiger partial charge is 0.493 e. The molecule has 0 fully saturated rings. The van der Waals surface area contributed by atoms with Crippen LogP contribution in [-0.4, -0.2) is 37.1 Å². The van der Waals surface area contributed by atoms with Crippen LogP contribution in [0.15, 0.2) is 23.6 Å². The van der Waals surface area contributed by atoms with Gasteiger partial charge in [-0.25, -0.2) is 9.78 Å². The molecule has 0 aliphatic carbocycles. The van der Waals surface area contributed by atoms with E-state index in [1.54, 1.807) is 18.4 Å². The molecule has 2 rings (SSSR count). The highest BCUT2D eigenvalue weighted by molar-refractivity contribution is 7.09. The first-order valence-electron chi connectivity index (χ1n) is 8.68. The molecule has 0 aliphatic heterocycles. The number of Topliss-reactive ketones (excluding diaryl/α,β-unsaturated/α-hetero) is 1. The summed E-state index contributed by atoms with van der Waals surface area (Å²) in [5.74, 6) is -0.992. The Morgan fingerprint density at radius 3 is 2.61 bits per heavy atom. The molecule has 0 unspecified atom stereocenters. The molecule has 1 aromatic heterocycles. The second-order valence-electron chi connectivity index (χ2n) is 6.50. The van der Waals surface area contributed by atoms with E-state index in [1.807, 2.05) is 19.9 Å². The van der Waals surface area contributed by atoms with E-state index < -0.39 is 24.3 Å². The Balaban J connectivity index is 2.02. The molecule has 0 saturated heterocycles. The molecule has 2 aromatic rings. The number of nitrogens with zero attached hydrogens (tertiary/aromatic N) is 2. The molecule has 0 spiro atoms. The van der Waals surface area contributed by atoms with Crippen molar-refractivity contribution < 1.29 is 23.8 Å². The van der Waals surface area contributed by atoms with Gasteiger partial charge in [-0.15, -0.1) is 11.3 Å². The quantitative estimate of drug-likeness (QED) is 0.592. The average molecular weight is 402 g/mol. The van der Waals surface area contributed by atoms with E-state index in [-0.39, 0.29) is 5.56 Å². The Morgan fingerprint density at radius 2 is 2.04 bits per heavy atom. The Bertz CT molecular complexity index is 885. The van der Waals surface area contributed by atoms with Crippen LogP contribution >= 0.6 is 11.3 Å². The molecule has 1 aromatic carbocycles. The van der Waals surface area contributed by atoms with Crippen molar-refractivity contribution in [2.45, 2.75) is 26.7 Å². The highest BCUT2D eigenvalue weighted by atomic mass is 32.1. The van der Waals surface area contributed by atoms with Gasteiger partial charge in [-0.3, -0.25) is 4.79 Å². The van der Waals surface area contributed by atoms with Crippen LogP contribution in [0, 0.1) is 24.2 Å². The summed E-state index contributed by atoms with van der Waals surface area (Å²) in [6.07, 6.45) is 0. The number of methoxy groups -OCH3 is 1. The van der Waals surface area contributed by atoms with Gasteiger partial charge in [0.05, 0.1) is 25.3 Å². The first-order valence-corrected chi connectivity index (χ1v) is 9.56. The van der Waals surface area contributed by atoms with Crippen LogP contribution in [0.3, 0.4) is 0 Å². The maximum atomic E-state index is 12.3. The number of ketones is 1. The molecule has 0 aliphatic rings. The van der Waals surface area contributed by atoms with E-state index in [1.165, 1.54) is 30.6 Å². The maximum Gasteiger partial charge on any atom is 0.338 e. The van der Waals surface area contributed by atoms with Gasteiger partial charge in [0, 0.05) is 11.1 Å². The lowest BCUT2D eigenvalue weighted by atomic mass is 10.1. The molecule has 0 bridgehead atoms. The van der Waals surface area contributed by atoms with Crippen LogP contribution in [-0.2, 0) is 9.53 Å². The monoisotopic (exact) mass is 402 g/mol. The summed E-state index contributed by atoms with van der Waals surface area (Å²) in [4.78, 5) is 28.7. The molecule has 7 nitrogen and oxygen atoms in total. The van der Waals surface area contributed by atoms with Crippen molar-refractivity contribution in [1.82, 2.24) is 4.98 Å². The van der Waals surface area contributed by atoms with Gasteiger partial charge >= 0.3 is 5.97 Å². The van der Waals surface area contributed by atoms with E-state index in [9.17, 15) is 14.9 Å². The lowest BCUT2D eigenvalue weighted by Gasteiger charge is -2.13. The molecule has 0 N–H and O–H groups in total. The lowest BCUT2D eigenvalue weighted by molar-refractivity contribution is -0.122. The number of nitriles is 1. The minimum absolute atomic E-state index is 0.222. The van der Waals surface area contributed by atoms with Crippen molar-refractivity contribution in [3.63, 3.8) is 0 Å². The summed E-state index contributed by atoms with van der Waals surface area (Å²) in [7, 11) is 1.48. The molecule has 0 radical (unpaired) electrons. The van der Waals surface area contributed by atoms with Crippen LogP contribution in [0.25, 0.3) is 0 Å². The predicted octanol–water partition coefficient (Wildman–Crippen LogP) is 3.53. The zero-order chi connectivity index (χ0) is 20.7. The van der Waals surface area contributed by atoms with Crippen molar-refractivity contribution in [3.05, 3.63) is 39.8 Å². The molecular formula is C20H22N2O5S. The van der Waals surface area contributed by atoms with E-state index in [2.05, 4.69) is 4.98 Å². The number of benzene rings is 1. The van der Waals surface area contributed by atoms with Crippen LogP contribution in [0.2, 0.25) is 0 Å². The number of carbonyl (C=O) groups is 2. The van der Waals surface area contributed by atoms with Crippen LogP contribution in [0.1, 0.15) is 40.8 Å². The number of hydrogen-bond acceptors (Lipinski definition) is 8. The lowest BCUT2D eigenvalue weighted by Crippen LogP contribution is -2.20. The van der Waals surface area contributed by atoms with Crippen molar-refractivity contribution in [2.24, 2.45) is 5.92 Å². The van der Waals surface area contributed by atoms with E-state index in [0.717, 1.165) is 5.69 Å². The van der Waals surface area contributed by atoms with Gasteiger partial charge in [0.1, 0.15) is 5.01 Å². The Hall–Kier alpha value is -2.92. The average Bonchev–Trinajstić information content (AvgIpc) is 3.10. The summed E-state index contributed by atoms with van der Waals surface area (Å²) in [6, 6.07) is 6.57. The number of esters is 1. The number of rotatable bonds is 9. The Morgan fingerprint density at radius 1 is 1.29 bits per heavy atom. The molecule has 28 heavy (non-hydrogen) atoms. The Labute approximate surface area is 167 Å². The number of thiazole rings is 1. The molecule has 8 heteroatoms. The van der Waals surface area contributed by atoms with Gasteiger partial charge in [-0.1, -0.05) is 13.8 Å². The highest BCUT2D eigenvalue weighted by Gasteiger charge is 2.25. The number of hydrogen-bond donors (Lipinski definition) is 0. The van der Waals surface area contributed by atoms with E-state index in [0.29, 0.717) is 29.0 Å². The summed E-state index contributed by atoms with van der Waals surface area (Å²) in [6.45, 7) is 5.83. The normalized spacial score (nSPS) is 11.6. The molecule has 1 heterocycles. The number of aryl methyl sites for hydroxylation is 1. The van der Waals surface area contributed by atoms with Crippen LogP contribution in [0.5, 0.6) is 11.5 Å². The van der Waals surface area contributed by atoms with Crippen LogP contribution < -0.4 is 9.47 Å². The zero-order valence-corrected chi connectivity index (χ0v) is 17.0. The third-order valence-corrected chi connectivity index (χ3v) is 4.68. The number of ether oxygens (including phenoxy) is 3. The maximum absolute atomic E-state index is 12.3. The minimum Gasteiger partial charge on any atom is -0.493 e. The number of carbonyl (C=O) groups excluding carboxylic acids is 2. The molecular weight excluding hydrogens is 380 g/mol. The Kier molecular flexibility index (Phi) is 7.52. The van der Waals surface area contributed by atoms with Gasteiger partial charge in [0.2, 0.25) is 0 Å². The molecule has 148 valence electrons. The fourth-order valence-corrected chi connectivity index (χ4v) is 3.10. The molecule has 1 atom stereocenters. The standard InChI is InChI=1S/C20H22N2O5S/c1-12(2)9-26-17-6-5-14(7-18(17)25-4)20(24)27-10-16(23)15(8-21)19-22-13(3)11-28-19/h5-7,11-12,15H,9-10H2,1-4H3/t15-/m0/s1. The fraction of sp³-hybridized carbons (Fsp3) is 0.400. The molecule has 0 saturated carbocycles. The third kappa shape index (κ3) is 5.54. The SMILES string of the molecule is COc1cc(C(=O)OCC(=O)[C@H](C#N)c2nc(C)cs2)ccc1OCC(C)C. The summed E-state index contributed by atoms with van der Waals surface area (Å²) in [5.41, 5.74) is 0.956. The van der Waals surface area contributed by atoms with Crippen molar-refractivity contribution in [1.29, 1.82) is 5.26 Å². The first-order chi connectivity index (χ1) is 13.3. The summed E-state index contributed by atoms with van der Waals surface area (Å²) >= 11 is 1.23. The summed E-state index contributed by atoms with van der Waals surface area (Å²) in [5, 5.41) is 11.4. The fourth-order valence-electron chi connectivity index (χ4n) is 2.24. The van der Waals surface area contributed by atoms with E-state index >= 15 is 0 Å². The smallest absolute Gasteiger partial charge is 0.338 e. The second kappa shape index (κ2) is 9.85. The van der Waals surface area contributed by atoms with Gasteiger partial charge in [-0.2, -0.15) is 5.26 Å². The second-order valence-corrected chi connectivity index (χ2v) is 7.39. The topological polar surface area (TPSA) is 98.5 Å².